The summed E-state index contributed by atoms with van der Waals surface area (Å²) in [6.07, 6.45) is -1.76. The smallest absolute Gasteiger partial charge is 0.465 e. The van der Waals surface area contributed by atoms with Crippen LogP contribution in [0.1, 0.15) is 71.6 Å². The van der Waals surface area contributed by atoms with Crippen LogP contribution in [0, 0.1) is 10.8 Å². The number of rotatable bonds is 20. The molecule has 66 heavy (non-hydrogen) atoms. The predicted molar refractivity (Wildman–Crippen MR) is 252 cm³/mol. The molecule has 3 aromatic carbocycles. The SMILES string of the molecule is CC(O[C@@H](C[C@H](Cc1ccc(-c2ccccn2)cc1)NC(=O)[C@@H](N(C)C(=O)O)C(C)(C)C)[C@H](Cc1ccccc1)NC(=O)[C@@H](N1CCN(Cc2ccccc2)C1=O)C(C)(C)C)O[P+](O)(O)O. The van der Waals surface area contributed by atoms with Crippen LogP contribution >= 0.6 is 8.17 Å². The molecule has 6 atom stereocenters. The van der Waals surface area contributed by atoms with Gasteiger partial charge in [0.2, 0.25) is 18.1 Å². The second-order valence-electron chi connectivity index (χ2n) is 19.0. The molecule has 1 saturated heterocycles. The van der Waals surface area contributed by atoms with Gasteiger partial charge in [-0.05, 0) is 65.8 Å². The van der Waals surface area contributed by atoms with E-state index in [0.717, 1.165) is 32.8 Å². The number of carboxylic acid groups (broad SMARTS) is 1. The number of amides is 5. The van der Waals surface area contributed by atoms with E-state index in [1.54, 1.807) is 36.8 Å². The van der Waals surface area contributed by atoms with Crippen molar-refractivity contribution >= 4 is 32.1 Å². The Morgan fingerprint density at radius 2 is 1.36 bits per heavy atom. The molecule has 1 aromatic heterocycles. The van der Waals surface area contributed by atoms with E-state index < -0.39 is 73.5 Å². The highest BCUT2D eigenvalue weighted by Crippen LogP contribution is 2.47. The lowest BCUT2D eigenvalue weighted by atomic mass is 9.84. The van der Waals surface area contributed by atoms with Crippen LogP contribution in [0.2, 0.25) is 0 Å². The summed E-state index contributed by atoms with van der Waals surface area (Å²) in [7, 11) is -3.50. The van der Waals surface area contributed by atoms with Crippen LogP contribution < -0.4 is 10.6 Å². The molecule has 1 aliphatic rings. The van der Waals surface area contributed by atoms with Gasteiger partial charge in [-0.15, -0.1) is 4.52 Å². The molecular formula is C49H66N6O10P+. The minimum Gasteiger partial charge on any atom is -0.465 e. The van der Waals surface area contributed by atoms with E-state index in [1.165, 1.54) is 14.0 Å². The summed E-state index contributed by atoms with van der Waals surface area (Å²) < 4.78 is 11.6. The summed E-state index contributed by atoms with van der Waals surface area (Å²) in [6.45, 7) is 13.4. The number of pyridine rings is 1. The summed E-state index contributed by atoms with van der Waals surface area (Å²) in [6, 6.07) is 28.1. The molecular weight excluding hydrogens is 864 g/mol. The molecule has 17 heteroatoms. The van der Waals surface area contributed by atoms with E-state index in [4.69, 9.17) is 9.26 Å². The highest BCUT2D eigenvalue weighted by atomic mass is 31.2. The topological polar surface area (TPSA) is 214 Å². The number of hydrogen-bond donors (Lipinski definition) is 6. The maximum atomic E-state index is 15.0. The zero-order valence-electron chi connectivity index (χ0n) is 39.1. The fourth-order valence-corrected chi connectivity index (χ4v) is 9.08. The standard InChI is InChI=1S/C49H65N6O10P/c1-33(65-66(61,62)63)64-41(31-38(51-44(56)42(48(2,3)4)53(8)47(59)60)29-35-22-24-37(25-23-35)39-21-15-16-26-50-39)40(30-34-17-11-9-12-18-34)52-45(57)43(49(5,6)7)55-28-27-54(46(55)58)32-36-19-13-10-14-20-36/h9-26,33,38,40-43,61-63H,27-32H2,1-8H3,(H2-,51,52,56,57,59,60)/p+1/t33?,38-,40-,41-,42+,43+/m0/s1. The number of likely N-dealkylation sites (N-methyl/N-ethyl adjacent to an activating group) is 1. The van der Waals surface area contributed by atoms with Gasteiger partial charge in [-0.2, -0.15) is 14.7 Å². The van der Waals surface area contributed by atoms with Crippen LogP contribution in [0.5, 0.6) is 0 Å². The van der Waals surface area contributed by atoms with Crippen molar-refractivity contribution in [2.75, 3.05) is 20.1 Å². The first-order valence-corrected chi connectivity index (χ1v) is 23.7. The number of carbonyl (C=O) groups excluding carboxylic acids is 3. The molecule has 1 unspecified atom stereocenters. The Morgan fingerprint density at radius 1 is 0.773 bits per heavy atom. The molecule has 16 nitrogen and oxygen atoms in total. The third kappa shape index (κ3) is 14.8. The van der Waals surface area contributed by atoms with E-state index in [0.29, 0.717) is 19.6 Å². The number of hydrogen-bond acceptors (Lipinski definition) is 10. The van der Waals surface area contributed by atoms with Crippen LogP contribution in [0.25, 0.3) is 11.3 Å². The molecule has 0 spiro atoms. The summed E-state index contributed by atoms with van der Waals surface area (Å²) in [5.74, 6) is -1.03. The Balaban J connectivity index is 1.55. The highest BCUT2D eigenvalue weighted by molar-refractivity contribution is 7.53. The maximum absolute atomic E-state index is 15.0. The zero-order chi connectivity index (χ0) is 48.4. The summed E-state index contributed by atoms with van der Waals surface area (Å²) in [5, 5.41) is 16.4. The van der Waals surface area contributed by atoms with Crippen molar-refractivity contribution in [1.29, 1.82) is 0 Å². The third-order valence-corrected chi connectivity index (χ3v) is 12.1. The Kier molecular flexibility index (Phi) is 17.4. The van der Waals surface area contributed by atoms with Gasteiger partial charge < -0.3 is 30.3 Å². The van der Waals surface area contributed by atoms with E-state index in [2.05, 4.69) is 15.6 Å². The fourth-order valence-electron chi connectivity index (χ4n) is 8.63. The summed E-state index contributed by atoms with van der Waals surface area (Å²) in [4.78, 5) is 94.5. The van der Waals surface area contributed by atoms with Gasteiger partial charge in [-0.25, -0.2) is 9.59 Å². The number of carbonyl (C=O) groups is 4. The molecule has 0 saturated carbocycles. The maximum Gasteiger partial charge on any atom is 0.570 e. The zero-order valence-corrected chi connectivity index (χ0v) is 40.0. The van der Waals surface area contributed by atoms with Crippen molar-refractivity contribution in [1.82, 2.24) is 30.3 Å². The second kappa shape index (κ2) is 22.3. The predicted octanol–water partition coefficient (Wildman–Crippen LogP) is 6.67. The molecule has 0 aliphatic carbocycles. The minimum absolute atomic E-state index is 0.0335. The number of nitrogens with zero attached hydrogens (tertiary/aromatic N) is 4. The molecule has 0 bridgehead atoms. The average molecular weight is 930 g/mol. The molecule has 2 heterocycles. The Labute approximate surface area is 388 Å². The lowest BCUT2D eigenvalue weighted by Gasteiger charge is -2.39. The Hall–Kier alpha value is -5.48. The van der Waals surface area contributed by atoms with E-state index in [1.807, 2.05) is 124 Å². The highest BCUT2D eigenvalue weighted by Gasteiger charge is 2.46. The van der Waals surface area contributed by atoms with Crippen molar-refractivity contribution in [3.8, 4) is 11.3 Å². The molecule has 5 amide bonds. The summed E-state index contributed by atoms with van der Waals surface area (Å²) in [5.41, 5.74) is 2.61. The number of ether oxygens (including phenoxy) is 1. The van der Waals surface area contributed by atoms with Gasteiger partial charge >= 0.3 is 20.3 Å². The van der Waals surface area contributed by atoms with Crippen LogP contribution in [0.4, 0.5) is 9.59 Å². The Bertz CT molecular complexity index is 2200. The van der Waals surface area contributed by atoms with E-state index >= 15 is 0 Å². The quantitative estimate of drug-likeness (QED) is 0.0407. The van der Waals surface area contributed by atoms with Crippen molar-refractivity contribution in [2.45, 2.75) is 111 Å². The van der Waals surface area contributed by atoms with E-state index in [-0.39, 0.29) is 25.3 Å². The van der Waals surface area contributed by atoms with Gasteiger partial charge in [0.15, 0.2) is 0 Å². The second-order valence-corrected chi connectivity index (χ2v) is 20.3. The van der Waals surface area contributed by atoms with Crippen molar-refractivity contribution < 1.29 is 48.2 Å². The molecule has 1 fully saturated rings. The average Bonchev–Trinajstić information content (AvgIpc) is 3.57. The van der Waals surface area contributed by atoms with Gasteiger partial charge in [0.25, 0.3) is 0 Å². The summed E-state index contributed by atoms with van der Waals surface area (Å²) >= 11 is 0. The molecule has 4 aromatic rings. The molecule has 356 valence electrons. The third-order valence-electron chi connectivity index (χ3n) is 11.5. The number of benzene rings is 3. The van der Waals surface area contributed by atoms with E-state index in [9.17, 15) is 39.0 Å². The fraction of sp³-hybridized carbons (Fsp3) is 0.449. The Morgan fingerprint density at radius 3 is 1.91 bits per heavy atom. The largest absolute Gasteiger partial charge is 0.570 e. The van der Waals surface area contributed by atoms with Gasteiger partial charge in [0.05, 0.1) is 17.8 Å². The van der Waals surface area contributed by atoms with Gasteiger partial charge in [-0.1, -0.05) is 133 Å². The van der Waals surface area contributed by atoms with Gasteiger partial charge in [0.1, 0.15) is 12.1 Å². The van der Waals surface area contributed by atoms with Crippen molar-refractivity contribution in [2.24, 2.45) is 10.8 Å². The lowest BCUT2D eigenvalue weighted by Crippen LogP contribution is -2.60. The first kappa shape index (κ1) is 51.5. The van der Waals surface area contributed by atoms with Crippen molar-refractivity contribution in [3.63, 3.8) is 0 Å². The number of urea groups is 1. The monoisotopic (exact) mass is 929 g/mol. The molecule has 6 N–H and O–H groups in total. The lowest BCUT2D eigenvalue weighted by molar-refractivity contribution is -0.145. The van der Waals surface area contributed by atoms with Gasteiger partial charge in [0, 0.05) is 44.5 Å². The number of nitrogens with one attached hydrogen (secondary N) is 2. The molecule has 1 aliphatic heterocycles. The van der Waals surface area contributed by atoms with Crippen LogP contribution in [0.15, 0.2) is 109 Å². The molecule has 5 rings (SSSR count). The normalized spacial score (nSPS) is 16.2. The first-order valence-electron chi connectivity index (χ1n) is 22.1. The van der Waals surface area contributed by atoms with Gasteiger partial charge in [-0.3, -0.25) is 19.5 Å². The minimum atomic E-state index is -4.83. The first-order chi connectivity index (χ1) is 31.0. The van der Waals surface area contributed by atoms with Crippen molar-refractivity contribution in [3.05, 3.63) is 126 Å². The van der Waals surface area contributed by atoms with Crippen LogP contribution in [-0.2, 0) is 38.2 Å². The number of aromatic nitrogens is 1. The van der Waals surface area contributed by atoms with Crippen LogP contribution in [0.3, 0.4) is 0 Å². The molecule has 0 radical (unpaired) electrons. The van der Waals surface area contributed by atoms with Crippen LogP contribution in [-0.4, -0.2) is 120 Å².